The molecule has 1 aromatic heterocycles. The molecule has 0 radical (unpaired) electrons. The van der Waals surface area contributed by atoms with Gasteiger partial charge in [0.2, 0.25) is 17.6 Å². The number of halogens is 1. The normalized spacial score (nSPS) is 29.2. The summed E-state index contributed by atoms with van der Waals surface area (Å²) in [5.74, 6) is 0.508. The van der Waals surface area contributed by atoms with Gasteiger partial charge in [0.1, 0.15) is 11.6 Å². The van der Waals surface area contributed by atoms with E-state index in [4.69, 9.17) is 19.6 Å². The summed E-state index contributed by atoms with van der Waals surface area (Å²) in [6.07, 6.45) is 12.9. The summed E-state index contributed by atoms with van der Waals surface area (Å²) in [6.45, 7) is 0.566. The number of benzene rings is 1. The number of anilines is 1. The van der Waals surface area contributed by atoms with Gasteiger partial charge >= 0.3 is 5.97 Å². The quantitative estimate of drug-likeness (QED) is 0.261. The van der Waals surface area contributed by atoms with Crippen LogP contribution in [0.1, 0.15) is 100 Å². The van der Waals surface area contributed by atoms with Gasteiger partial charge in [-0.2, -0.15) is 0 Å². The first-order chi connectivity index (χ1) is 22.8. The van der Waals surface area contributed by atoms with Crippen LogP contribution in [-0.4, -0.2) is 67.8 Å². The lowest BCUT2D eigenvalue weighted by Crippen LogP contribution is -2.50. The molecular formula is C37H52FN3O6. The van der Waals surface area contributed by atoms with E-state index in [1.54, 1.807) is 25.3 Å². The number of likely N-dealkylation sites (tertiary alicyclic amines) is 1. The van der Waals surface area contributed by atoms with Gasteiger partial charge < -0.3 is 29.8 Å². The van der Waals surface area contributed by atoms with Gasteiger partial charge in [0, 0.05) is 36.7 Å². The Morgan fingerprint density at radius 2 is 1.74 bits per heavy atom. The number of nitrogens with two attached hydrogens (primary N) is 1. The van der Waals surface area contributed by atoms with Gasteiger partial charge in [-0.1, -0.05) is 12.8 Å². The van der Waals surface area contributed by atoms with E-state index in [2.05, 4.69) is 5.32 Å². The smallest absolute Gasteiger partial charge is 0.374 e. The van der Waals surface area contributed by atoms with E-state index in [-0.39, 0.29) is 47.5 Å². The van der Waals surface area contributed by atoms with Crippen molar-refractivity contribution >= 4 is 34.4 Å². The standard InChI is InChI=1S/C37H52FN3O6/c1-45-29-13-10-24(11-14-29)30-17-19-41(36(43)26-8-6-25(7-9-26)31(39)16-18-38)34(30)35(42)40-28-12-15-32-27(20-28)21-33(47-32)37(44)46-22-23-4-2-3-5-23/h12,15,20-21,23-26,29-31,34H,2-11,13-14,16-19,22,39H2,1H3,(H,40,42)/t24?,25?,26?,29?,30-,31+,34-/m0/s1. The van der Waals surface area contributed by atoms with Crippen molar-refractivity contribution in [1.29, 1.82) is 0 Å². The number of carbonyl (C=O) groups excluding carboxylic acids is 3. The average Bonchev–Trinajstić information content (AvgIpc) is 3.87. The highest BCUT2D eigenvalue weighted by Gasteiger charge is 2.47. The van der Waals surface area contributed by atoms with E-state index in [1.807, 2.05) is 11.0 Å². The lowest BCUT2D eigenvalue weighted by Gasteiger charge is -2.37. The molecule has 2 heterocycles. The van der Waals surface area contributed by atoms with Crippen molar-refractivity contribution in [3.63, 3.8) is 0 Å². The minimum atomic E-state index is -0.556. The maximum absolute atomic E-state index is 14.2. The molecule has 0 spiro atoms. The van der Waals surface area contributed by atoms with Crippen LogP contribution in [0, 0.1) is 29.6 Å². The van der Waals surface area contributed by atoms with Crippen LogP contribution >= 0.6 is 0 Å². The molecule has 0 bridgehead atoms. The molecule has 1 aromatic carbocycles. The highest BCUT2D eigenvalue weighted by Crippen LogP contribution is 2.42. The van der Waals surface area contributed by atoms with Crippen LogP contribution in [0.15, 0.2) is 28.7 Å². The van der Waals surface area contributed by atoms with Gasteiger partial charge in [0.15, 0.2) is 0 Å². The second-order valence-corrected chi connectivity index (χ2v) is 14.6. The third-order valence-corrected chi connectivity index (χ3v) is 11.7. The number of hydrogen-bond donors (Lipinski definition) is 2. The largest absolute Gasteiger partial charge is 0.460 e. The number of carbonyl (C=O) groups is 3. The van der Waals surface area contributed by atoms with Crippen LogP contribution in [-0.2, 0) is 19.1 Å². The highest BCUT2D eigenvalue weighted by atomic mass is 19.1. The molecule has 9 nitrogen and oxygen atoms in total. The summed E-state index contributed by atoms with van der Waals surface area (Å²) in [5, 5.41) is 3.82. The van der Waals surface area contributed by atoms with Gasteiger partial charge in [-0.05, 0) is 125 Å². The number of nitrogens with one attached hydrogen (secondary N) is 1. The Morgan fingerprint density at radius 3 is 2.45 bits per heavy atom. The molecule has 3 saturated carbocycles. The Kier molecular flexibility index (Phi) is 11.2. The van der Waals surface area contributed by atoms with E-state index >= 15 is 0 Å². The van der Waals surface area contributed by atoms with E-state index in [0.717, 1.165) is 70.6 Å². The Balaban J connectivity index is 1.15. The van der Waals surface area contributed by atoms with Gasteiger partial charge in [-0.3, -0.25) is 14.0 Å². The van der Waals surface area contributed by atoms with Crippen molar-refractivity contribution in [3.05, 3.63) is 30.0 Å². The van der Waals surface area contributed by atoms with E-state index in [1.165, 1.54) is 12.8 Å². The maximum Gasteiger partial charge on any atom is 0.374 e. The fourth-order valence-corrected chi connectivity index (χ4v) is 8.92. The molecule has 3 atom stereocenters. The van der Waals surface area contributed by atoms with Gasteiger partial charge in [0.05, 0.1) is 19.4 Å². The Morgan fingerprint density at radius 1 is 1.00 bits per heavy atom. The van der Waals surface area contributed by atoms with Gasteiger partial charge in [-0.15, -0.1) is 0 Å². The Hall–Kier alpha value is -2.98. The molecule has 258 valence electrons. The third kappa shape index (κ3) is 7.85. The molecule has 4 aliphatic rings. The first-order valence-electron chi connectivity index (χ1n) is 18.0. The monoisotopic (exact) mass is 653 g/mol. The van der Waals surface area contributed by atoms with Crippen LogP contribution < -0.4 is 11.1 Å². The third-order valence-electron chi connectivity index (χ3n) is 11.7. The average molecular weight is 654 g/mol. The van der Waals surface area contributed by atoms with Crippen LogP contribution in [0.4, 0.5) is 10.1 Å². The Labute approximate surface area is 277 Å². The lowest BCUT2D eigenvalue weighted by atomic mass is 9.75. The number of hydrogen-bond acceptors (Lipinski definition) is 7. The number of furan rings is 1. The predicted octanol–water partition coefficient (Wildman–Crippen LogP) is 6.63. The number of nitrogens with zero attached hydrogens (tertiary/aromatic N) is 1. The topological polar surface area (TPSA) is 124 Å². The fourth-order valence-electron chi connectivity index (χ4n) is 8.92. The van der Waals surface area contributed by atoms with E-state index in [9.17, 15) is 18.8 Å². The van der Waals surface area contributed by atoms with Crippen LogP contribution in [0.3, 0.4) is 0 Å². The molecular weight excluding hydrogens is 601 g/mol. The second-order valence-electron chi connectivity index (χ2n) is 14.6. The van der Waals surface area contributed by atoms with Crippen molar-refractivity contribution in [3.8, 4) is 0 Å². The van der Waals surface area contributed by atoms with Crippen molar-refractivity contribution in [2.45, 2.75) is 108 Å². The van der Waals surface area contributed by atoms with Crippen molar-refractivity contribution < 1.29 is 32.7 Å². The number of esters is 1. The number of alkyl halides is 1. The van der Waals surface area contributed by atoms with Crippen LogP contribution in [0.25, 0.3) is 11.0 Å². The maximum atomic E-state index is 14.2. The second kappa shape index (κ2) is 15.5. The minimum Gasteiger partial charge on any atom is -0.460 e. The number of methoxy groups -OCH3 is 1. The zero-order chi connectivity index (χ0) is 32.9. The molecule has 3 aliphatic carbocycles. The zero-order valence-electron chi connectivity index (χ0n) is 27.8. The van der Waals surface area contributed by atoms with Crippen molar-refractivity contribution in [2.24, 2.45) is 35.3 Å². The summed E-state index contributed by atoms with van der Waals surface area (Å²) < 4.78 is 29.8. The van der Waals surface area contributed by atoms with Crippen LogP contribution in [0.2, 0.25) is 0 Å². The summed E-state index contributed by atoms with van der Waals surface area (Å²) >= 11 is 0. The summed E-state index contributed by atoms with van der Waals surface area (Å²) in [7, 11) is 1.76. The molecule has 4 fully saturated rings. The summed E-state index contributed by atoms with van der Waals surface area (Å²) in [4.78, 5) is 42.8. The molecule has 2 amide bonds. The number of rotatable bonds is 11. The van der Waals surface area contributed by atoms with Gasteiger partial charge in [0.25, 0.3) is 0 Å². The molecule has 1 saturated heterocycles. The summed E-state index contributed by atoms with van der Waals surface area (Å²) in [5.41, 5.74) is 7.36. The summed E-state index contributed by atoms with van der Waals surface area (Å²) in [6, 6.07) is 6.29. The number of amides is 2. The minimum absolute atomic E-state index is 0.0572. The zero-order valence-corrected chi connectivity index (χ0v) is 27.8. The van der Waals surface area contributed by atoms with Gasteiger partial charge in [-0.25, -0.2) is 4.79 Å². The van der Waals surface area contributed by atoms with E-state index < -0.39 is 18.7 Å². The fraction of sp³-hybridized carbons (Fsp3) is 0.703. The number of ether oxygens (including phenoxy) is 2. The number of fused-ring (bicyclic) bond motifs is 1. The predicted molar refractivity (Wildman–Crippen MR) is 177 cm³/mol. The van der Waals surface area contributed by atoms with Crippen molar-refractivity contribution in [1.82, 2.24) is 4.90 Å². The molecule has 47 heavy (non-hydrogen) atoms. The molecule has 3 N–H and O–H groups in total. The molecule has 0 unspecified atom stereocenters. The lowest BCUT2D eigenvalue weighted by molar-refractivity contribution is -0.142. The molecule has 6 rings (SSSR count). The Bertz CT molecular complexity index is 1380. The first-order valence-corrected chi connectivity index (χ1v) is 18.0. The van der Waals surface area contributed by atoms with E-state index in [0.29, 0.717) is 48.1 Å². The van der Waals surface area contributed by atoms with Crippen LogP contribution in [0.5, 0.6) is 0 Å². The molecule has 2 aromatic rings. The molecule has 1 aliphatic heterocycles. The first kappa shape index (κ1) is 33.9. The SMILES string of the molecule is COC1CCC([C@@H]2CCN(C(=O)C3CCC([C@H](N)CCF)CC3)[C@@H]2C(=O)Nc2ccc3oc(C(=O)OCC4CCCC4)cc3c2)CC1. The molecule has 10 heteroatoms. The highest BCUT2D eigenvalue weighted by molar-refractivity contribution is 6.00. The van der Waals surface area contributed by atoms with Crippen molar-refractivity contribution in [2.75, 3.05) is 32.3 Å².